The Bertz CT molecular complexity index is 455. The molecular weight excluding hydrogens is 240 g/mol. The second-order valence-electron chi connectivity index (χ2n) is 5.34. The monoisotopic (exact) mass is 262 g/mol. The third-order valence-corrected chi connectivity index (χ3v) is 3.41. The second kappa shape index (κ2) is 6.06. The van der Waals surface area contributed by atoms with E-state index in [-0.39, 0.29) is 5.91 Å². The molecule has 4 nitrogen and oxygen atoms in total. The van der Waals surface area contributed by atoms with Crippen LogP contribution in [0.25, 0.3) is 0 Å². The molecule has 2 rings (SSSR count). The summed E-state index contributed by atoms with van der Waals surface area (Å²) in [4.78, 5) is 13.9. The summed E-state index contributed by atoms with van der Waals surface area (Å²) in [5.74, 6) is 0.713. The van der Waals surface area contributed by atoms with Gasteiger partial charge in [0.05, 0.1) is 12.2 Å². The lowest BCUT2D eigenvalue weighted by atomic mass is 10.1. The molecule has 0 unspecified atom stereocenters. The van der Waals surface area contributed by atoms with E-state index < -0.39 is 0 Å². The topological polar surface area (TPSA) is 55.6 Å². The standard InChI is InChI=1S/C15H22N2O2/c1-11-3-6-14(16)13(9-11)15(18)17(2)7-8-19-10-12-4-5-12/h3,6,9,12H,4-5,7-8,10,16H2,1-2H3. The number of nitrogens with two attached hydrogens (primary N) is 1. The third-order valence-electron chi connectivity index (χ3n) is 3.41. The van der Waals surface area contributed by atoms with E-state index in [0.29, 0.717) is 24.4 Å². The van der Waals surface area contributed by atoms with Gasteiger partial charge in [0, 0.05) is 25.9 Å². The fourth-order valence-corrected chi connectivity index (χ4v) is 1.90. The first kappa shape index (κ1) is 13.9. The van der Waals surface area contributed by atoms with Crippen LogP contribution in [0.3, 0.4) is 0 Å². The molecule has 4 heteroatoms. The van der Waals surface area contributed by atoms with E-state index in [4.69, 9.17) is 10.5 Å². The number of anilines is 1. The van der Waals surface area contributed by atoms with Crippen molar-refractivity contribution in [3.8, 4) is 0 Å². The van der Waals surface area contributed by atoms with Gasteiger partial charge in [-0.3, -0.25) is 4.79 Å². The molecule has 0 atom stereocenters. The van der Waals surface area contributed by atoms with Crippen LogP contribution in [0.1, 0.15) is 28.8 Å². The first-order valence-corrected chi connectivity index (χ1v) is 6.77. The molecule has 1 amide bonds. The van der Waals surface area contributed by atoms with Crippen molar-refractivity contribution in [2.75, 3.05) is 32.5 Å². The number of nitrogens with zero attached hydrogens (tertiary/aromatic N) is 1. The van der Waals surface area contributed by atoms with Crippen molar-refractivity contribution in [1.29, 1.82) is 0 Å². The lowest BCUT2D eigenvalue weighted by molar-refractivity contribution is 0.0682. The van der Waals surface area contributed by atoms with E-state index in [9.17, 15) is 4.79 Å². The number of ether oxygens (including phenoxy) is 1. The molecule has 0 heterocycles. The number of rotatable bonds is 6. The van der Waals surface area contributed by atoms with Crippen molar-refractivity contribution in [3.05, 3.63) is 29.3 Å². The number of carbonyl (C=O) groups is 1. The molecule has 0 saturated heterocycles. The zero-order valence-corrected chi connectivity index (χ0v) is 11.7. The minimum Gasteiger partial charge on any atom is -0.398 e. The first-order valence-electron chi connectivity index (χ1n) is 6.77. The molecule has 1 aromatic rings. The van der Waals surface area contributed by atoms with Gasteiger partial charge in [0.25, 0.3) is 5.91 Å². The summed E-state index contributed by atoms with van der Waals surface area (Å²) in [5.41, 5.74) is 7.99. The summed E-state index contributed by atoms with van der Waals surface area (Å²) in [5, 5.41) is 0. The van der Waals surface area contributed by atoms with Crippen LogP contribution in [0.2, 0.25) is 0 Å². The van der Waals surface area contributed by atoms with E-state index in [1.54, 1.807) is 18.0 Å². The maximum absolute atomic E-state index is 12.2. The van der Waals surface area contributed by atoms with E-state index in [0.717, 1.165) is 18.1 Å². The third kappa shape index (κ3) is 3.96. The maximum Gasteiger partial charge on any atom is 0.255 e. The molecule has 0 bridgehead atoms. The van der Waals surface area contributed by atoms with Crippen molar-refractivity contribution >= 4 is 11.6 Å². The average Bonchev–Trinajstić information content (AvgIpc) is 3.20. The highest BCUT2D eigenvalue weighted by molar-refractivity contribution is 5.99. The lowest BCUT2D eigenvalue weighted by Crippen LogP contribution is -2.31. The van der Waals surface area contributed by atoms with Crippen LogP contribution < -0.4 is 5.73 Å². The lowest BCUT2D eigenvalue weighted by Gasteiger charge is -2.18. The molecule has 0 aliphatic heterocycles. The van der Waals surface area contributed by atoms with Gasteiger partial charge in [-0.05, 0) is 37.8 Å². The molecule has 0 radical (unpaired) electrons. The van der Waals surface area contributed by atoms with Gasteiger partial charge in [-0.15, -0.1) is 0 Å². The molecule has 1 fully saturated rings. The number of nitrogen functional groups attached to an aromatic ring is 1. The molecule has 104 valence electrons. The Labute approximate surface area is 114 Å². The summed E-state index contributed by atoms with van der Waals surface area (Å²) >= 11 is 0. The van der Waals surface area contributed by atoms with Crippen molar-refractivity contribution < 1.29 is 9.53 Å². The van der Waals surface area contributed by atoms with Crippen molar-refractivity contribution in [2.45, 2.75) is 19.8 Å². The minimum absolute atomic E-state index is 0.0452. The van der Waals surface area contributed by atoms with Crippen LogP contribution in [0.15, 0.2) is 18.2 Å². The van der Waals surface area contributed by atoms with E-state index >= 15 is 0 Å². The van der Waals surface area contributed by atoms with Gasteiger partial charge >= 0.3 is 0 Å². The number of amides is 1. The summed E-state index contributed by atoms with van der Waals surface area (Å²) in [6, 6.07) is 5.52. The Balaban J connectivity index is 1.84. The molecule has 1 aliphatic carbocycles. The summed E-state index contributed by atoms with van der Waals surface area (Å²) in [6.45, 7) is 3.97. The number of aryl methyl sites for hydroxylation is 1. The predicted molar refractivity (Wildman–Crippen MR) is 76.1 cm³/mol. The quantitative estimate of drug-likeness (QED) is 0.631. The number of hydrogen-bond acceptors (Lipinski definition) is 3. The average molecular weight is 262 g/mol. The Morgan fingerprint density at radius 3 is 2.89 bits per heavy atom. The van der Waals surface area contributed by atoms with Crippen molar-refractivity contribution in [1.82, 2.24) is 4.90 Å². The van der Waals surface area contributed by atoms with E-state index in [1.165, 1.54) is 12.8 Å². The molecule has 2 N–H and O–H groups in total. The van der Waals surface area contributed by atoms with E-state index in [2.05, 4.69) is 0 Å². The molecule has 19 heavy (non-hydrogen) atoms. The van der Waals surface area contributed by atoms with Gasteiger partial charge in [0.2, 0.25) is 0 Å². The van der Waals surface area contributed by atoms with Gasteiger partial charge in [-0.25, -0.2) is 0 Å². The zero-order chi connectivity index (χ0) is 13.8. The Hall–Kier alpha value is -1.55. The number of benzene rings is 1. The fourth-order valence-electron chi connectivity index (χ4n) is 1.90. The van der Waals surface area contributed by atoms with Crippen LogP contribution in [-0.2, 0) is 4.74 Å². The molecule has 1 aliphatic rings. The number of likely N-dealkylation sites (N-methyl/N-ethyl adjacent to an activating group) is 1. The van der Waals surface area contributed by atoms with Gasteiger partial charge < -0.3 is 15.4 Å². The highest BCUT2D eigenvalue weighted by Crippen LogP contribution is 2.28. The Morgan fingerprint density at radius 2 is 2.21 bits per heavy atom. The smallest absolute Gasteiger partial charge is 0.255 e. The highest BCUT2D eigenvalue weighted by atomic mass is 16.5. The fraction of sp³-hybridized carbons (Fsp3) is 0.533. The summed E-state index contributed by atoms with van der Waals surface area (Å²) in [6.07, 6.45) is 2.57. The zero-order valence-electron chi connectivity index (χ0n) is 11.7. The van der Waals surface area contributed by atoms with Crippen LogP contribution in [0.4, 0.5) is 5.69 Å². The van der Waals surface area contributed by atoms with Crippen molar-refractivity contribution in [2.24, 2.45) is 5.92 Å². The normalized spacial score (nSPS) is 14.4. The summed E-state index contributed by atoms with van der Waals surface area (Å²) < 4.78 is 5.54. The summed E-state index contributed by atoms with van der Waals surface area (Å²) in [7, 11) is 1.78. The SMILES string of the molecule is Cc1ccc(N)c(C(=O)N(C)CCOCC2CC2)c1. The van der Waals surface area contributed by atoms with Crippen molar-refractivity contribution in [3.63, 3.8) is 0 Å². The van der Waals surface area contributed by atoms with Crippen LogP contribution in [0, 0.1) is 12.8 Å². The van der Waals surface area contributed by atoms with Gasteiger partial charge in [-0.2, -0.15) is 0 Å². The number of hydrogen-bond donors (Lipinski definition) is 1. The Morgan fingerprint density at radius 1 is 1.47 bits per heavy atom. The molecule has 0 spiro atoms. The maximum atomic E-state index is 12.2. The first-order chi connectivity index (χ1) is 9.08. The van der Waals surface area contributed by atoms with Gasteiger partial charge in [0.1, 0.15) is 0 Å². The van der Waals surface area contributed by atoms with Gasteiger partial charge in [-0.1, -0.05) is 11.6 Å². The van der Waals surface area contributed by atoms with Gasteiger partial charge in [0.15, 0.2) is 0 Å². The highest BCUT2D eigenvalue weighted by Gasteiger charge is 2.21. The Kier molecular flexibility index (Phi) is 4.43. The van der Waals surface area contributed by atoms with Crippen LogP contribution >= 0.6 is 0 Å². The van der Waals surface area contributed by atoms with Crippen LogP contribution in [0.5, 0.6) is 0 Å². The molecule has 1 saturated carbocycles. The van der Waals surface area contributed by atoms with E-state index in [1.807, 2.05) is 19.1 Å². The molecule has 0 aromatic heterocycles. The molecular formula is C15H22N2O2. The minimum atomic E-state index is -0.0452. The largest absolute Gasteiger partial charge is 0.398 e. The second-order valence-corrected chi connectivity index (χ2v) is 5.34. The number of carbonyl (C=O) groups excluding carboxylic acids is 1. The molecule has 1 aromatic carbocycles. The predicted octanol–water partition coefficient (Wildman–Crippen LogP) is 2.08. The van der Waals surface area contributed by atoms with Crippen LogP contribution in [-0.4, -0.2) is 37.6 Å².